The molecular formula is C25H20N6O. The molecule has 0 saturated carbocycles. The highest BCUT2D eigenvalue weighted by Crippen LogP contribution is 2.25. The normalized spacial score (nSPS) is 10.9. The highest BCUT2D eigenvalue weighted by molar-refractivity contribution is 5.88. The van der Waals surface area contributed by atoms with Crippen molar-refractivity contribution in [2.75, 3.05) is 11.1 Å². The third-order valence-electron chi connectivity index (χ3n) is 4.50. The Morgan fingerprint density at radius 1 is 0.906 bits per heavy atom. The third-order valence-corrected chi connectivity index (χ3v) is 4.50. The largest absolute Gasteiger partial charge is 0.488 e. The molecule has 1 aromatic heterocycles. The molecule has 7 nitrogen and oxygen atoms in total. The van der Waals surface area contributed by atoms with Crippen LogP contribution < -0.4 is 15.8 Å². The van der Waals surface area contributed by atoms with Crippen LogP contribution in [-0.2, 0) is 6.61 Å². The maximum Gasteiger partial charge on any atom is 0.232 e. The minimum atomic E-state index is 0.0168. The van der Waals surface area contributed by atoms with E-state index in [-0.39, 0.29) is 23.3 Å². The lowest BCUT2D eigenvalue weighted by Gasteiger charge is -2.10. The summed E-state index contributed by atoms with van der Waals surface area (Å²) in [5.41, 5.74) is 8.70. The first-order valence-corrected chi connectivity index (χ1v) is 9.93. The molecule has 4 aromatic rings. The van der Waals surface area contributed by atoms with Crippen molar-refractivity contribution in [3.8, 4) is 11.8 Å². The monoisotopic (exact) mass is 420 g/mol. The van der Waals surface area contributed by atoms with Crippen LogP contribution in [0.1, 0.15) is 17.0 Å². The van der Waals surface area contributed by atoms with Crippen LogP contribution in [0, 0.1) is 11.3 Å². The van der Waals surface area contributed by atoms with Crippen molar-refractivity contribution in [1.29, 1.82) is 5.26 Å². The topological polar surface area (TPSA) is 110 Å². The van der Waals surface area contributed by atoms with Crippen LogP contribution in [0.3, 0.4) is 0 Å². The van der Waals surface area contributed by atoms with E-state index >= 15 is 0 Å². The molecule has 0 unspecified atom stereocenters. The maximum absolute atomic E-state index is 9.79. The van der Waals surface area contributed by atoms with Crippen molar-refractivity contribution in [2.45, 2.75) is 6.61 Å². The summed E-state index contributed by atoms with van der Waals surface area (Å²) in [4.78, 5) is 12.6. The number of nitrogens with one attached hydrogen (secondary N) is 1. The lowest BCUT2D eigenvalue weighted by atomic mass is 10.1. The molecule has 0 aliphatic rings. The molecule has 0 amide bonds. The van der Waals surface area contributed by atoms with Gasteiger partial charge in [0.15, 0.2) is 5.82 Å². The van der Waals surface area contributed by atoms with Gasteiger partial charge in [-0.05, 0) is 29.8 Å². The van der Waals surface area contributed by atoms with E-state index in [9.17, 15) is 5.26 Å². The van der Waals surface area contributed by atoms with Gasteiger partial charge in [-0.2, -0.15) is 20.2 Å². The van der Waals surface area contributed by atoms with E-state index in [0.717, 1.165) is 16.8 Å². The molecule has 7 heteroatoms. The Balaban J connectivity index is 1.62. The Labute approximate surface area is 185 Å². The number of nitrogen functional groups attached to an aromatic ring is 1. The third kappa shape index (κ3) is 5.26. The number of benzene rings is 3. The van der Waals surface area contributed by atoms with Gasteiger partial charge in [0.2, 0.25) is 11.9 Å². The number of rotatable bonds is 7. The van der Waals surface area contributed by atoms with E-state index in [0.29, 0.717) is 12.4 Å². The Morgan fingerprint density at radius 2 is 1.59 bits per heavy atom. The molecule has 156 valence electrons. The molecule has 3 N–H and O–H groups in total. The highest BCUT2D eigenvalue weighted by atomic mass is 16.5. The van der Waals surface area contributed by atoms with Crippen LogP contribution in [0.4, 0.5) is 17.6 Å². The molecule has 1 heterocycles. The standard InChI is InChI=1S/C25H20N6O/c26-16-20(23-29-24(27)31-25(30-23)28-21-12-5-2-6-13-21)15-19-11-7-8-14-22(19)32-17-18-9-3-1-4-10-18/h1-15H,17H2,(H3,27,28,29,30,31)/b20-15+. The van der Waals surface area contributed by atoms with Gasteiger partial charge in [-0.25, -0.2) is 0 Å². The van der Waals surface area contributed by atoms with E-state index in [1.54, 1.807) is 6.08 Å². The average molecular weight is 420 g/mol. The summed E-state index contributed by atoms with van der Waals surface area (Å²) < 4.78 is 5.99. The Morgan fingerprint density at radius 3 is 2.34 bits per heavy atom. The first-order chi connectivity index (χ1) is 15.7. The zero-order valence-corrected chi connectivity index (χ0v) is 17.1. The zero-order chi connectivity index (χ0) is 22.2. The zero-order valence-electron chi connectivity index (χ0n) is 17.1. The van der Waals surface area contributed by atoms with Crippen LogP contribution in [-0.4, -0.2) is 15.0 Å². The maximum atomic E-state index is 9.79. The summed E-state index contributed by atoms with van der Waals surface area (Å²) in [6.45, 7) is 0.414. The molecule has 4 rings (SSSR count). The predicted molar refractivity (Wildman–Crippen MR) is 125 cm³/mol. The van der Waals surface area contributed by atoms with Crippen LogP contribution >= 0.6 is 0 Å². The molecule has 0 atom stereocenters. The predicted octanol–water partition coefficient (Wildman–Crippen LogP) is 4.84. The number of nitrogens with two attached hydrogens (primary N) is 1. The molecule has 0 bridgehead atoms. The van der Waals surface area contributed by atoms with Gasteiger partial charge in [-0.1, -0.05) is 66.7 Å². The fourth-order valence-electron chi connectivity index (χ4n) is 2.99. The van der Waals surface area contributed by atoms with E-state index in [1.807, 2.05) is 84.9 Å². The second-order valence-corrected chi connectivity index (χ2v) is 6.81. The highest BCUT2D eigenvalue weighted by Gasteiger charge is 2.11. The number of hydrogen-bond acceptors (Lipinski definition) is 7. The molecule has 0 radical (unpaired) electrons. The van der Waals surface area contributed by atoms with Crippen LogP contribution in [0.2, 0.25) is 0 Å². The Hall–Kier alpha value is -4.70. The summed E-state index contributed by atoms with van der Waals surface area (Å²) in [6, 6.07) is 28.9. The molecule has 0 fully saturated rings. The molecule has 0 spiro atoms. The first-order valence-electron chi connectivity index (χ1n) is 9.93. The Bertz CT molecular complexity index is 1270. The summed E-state index contributed by atoms with van der Waals surface area (Å²) in [5.74, 6) is 1.10. The summed E-state index contributed by atoms with van der Waals surface area (Å²) in [7, 11) is 0. The number of nitriles is 1. The molecule has 0 saturated heterocycles. The summed E-state index contributed by atoms with van der Waals surface area (Å²) in [6.07, 6.45) is 1.68. The van der Waals surface area contributed by atoms with Crippen molar-refractivity contribution in [3.05, 3.63) is 102 Å². The molecule has 32 heavy (non-hydrogen) atoms. The number of anilines is 3. The van der Waals surface area contributed by atoms with Crippen LogP contribution in [0.15, 0.2) is 84.9 Å². The number of nitrogens with zero attached hydrogens (tertiary/aromatic N) is 4. The van der Waals surface area contributed by atoms with E-state index in [1.165, 1.54) is 0 Å². The second kappa shape index (κ2) is 9.87. The van der Waals surface area contributed by atoms with Crippen molar-refractivity contribution >= 4 is 29.2 Å². The van der Waals surface area contributed by atoms with Gasteiger partial charge in [0, 0.05) is 11.3 Å². The van der Waals surface area contributed by atoms with Gasteiger partial charge in [0.25, 0.3) is 0 Å². The molecule has 0 aliphatic heterocycles. The van der Waals surface area contributed by atoms with Gasteiger partial charge < -0.3 is 15.8 Å². The van der Waals surface area contributed by atoms with E-state index in [2.05, 4.69) is 26.3 Å². The van der Waals surface area contributed by atoms with Gasteiger partial charge in [0.05, 0.1) is 5.57 Å². The van der Waals surface area contributed by atoms with Crippen LogP contribution in [0.25, 0.3) is 11.6 Å². The van der Waals surface area contributed by atoms with Crippen molar-refractivity contribution in [1.82, 2.24) is 15.0 Å². The van der Waals surface area contributed by atoms with Crippen molar-refractivity contribution < 1.29 is 4.74 Å². The fourth-order valence-corrected chi connectivity index (χ4v) is 2.99. The molecular weight excluding hydrogens is 400 g/mol. The Kier molecular flexibility index (Phi) is 6.34. The smallest absolute Gasteiger partial charge is 0.232 e. The minimum Gasteiger partial charge on any atom is -0.488 e. The van der Waals surface area contributed by atoms with Gasteiger partial charge >= 0.3 is 0 Å². The lowest BCUT2D eigenvalue weighted by Crippen LogP contribution is -2.06. The number of hydrogen-bond donors (Lipinski definition) is 2. The van der Waals surface area contributed by atoms with E-state index in [4.69, 9.17) is 10.5 Å². The average Bonchev–Trinajstić information content (AvgIpc) is 2.82. The number of allylic oxidation sites excluding steroid dienone is 1. The number of aromatic nitrogens is 3. The first kappa shape index (κ1) is 20.6. The summed E-state index contributed by atoms with van der Waals surface area (Å²) >= 11 is 0. The van der Waals surface area contributed by atoms with E-state index < -0.39 is 0 Å². The van der Waals surface area contributed by atoms with Crippen molar-refractivity contribution in [3.63, 3.8) is 0 Å². The minimum absolute atomic E-state index is 0.0168. The number of ether oxygens (including phenoxy) is 1. The van der Waals surface area contributed by atoms with Gasteiger partial charge in [-0.15, -0.1) is 0 Å². The molecule has 0 aliphatic carbocycles. The second-order valence-electron chi connectivity index (χ2n) is 6.81. The SMILES string of the molecule is N#C/C(=C\c1ccccc1OCc1ccccc1)c1nc(N)nc(Nc2ccccc2)n1. The van der Waals surface area contributed by atoms with Crippen molar-refractivity contribution in [2.24, 2.45) is 0 Å². The van der Waals surface area contributed by atoms with Gasteiger partial charge in [-0.3, -0.25) is 0 Å². The number of para-hydroxylation sites is 2. The summed E-state index contributed by atoms with van der Waals surface area (Å²) in [5, 5.41) is 12.9. The molecule has 3 aromatic carbocycles. The van der Waals surface area contributed by atoms with Gasteiger partial charge in [0.1, 0.15) is 18.4 Å². The quantitative estimate of drug-likeness (QED) is 0.412. The fraction of sp³-hybridized carbons (Fsp3) is 0.0400. The van der Waals surface area contributed by atoms with Crippen LogP contribution in [0.5, 0.6) is 5.75 Å². The lowest BCUT2D eigenvalue weighted by molar-refractivity contribution is 0.305.